The van der Waals surface area contributed by atoms with Gasteiger partial charge in [-0.1, -0.05) is 0 Å². The van der Waals surface area contributed by atoms with Gasteiger partial charge in [0.1, 0.15) is 5.56 Å². The Morgan fingerprint density at radius 3 is 2.44 bits per heavy atom. The zero-order chi connectivity index (χ0) is 12.5. The number of anilines is 1. The second kappa shape index (κ2) is 4.01. The van der Waals surface area contributed by atoms with Gasteiger partial charge in [0.2, 0.25) is 0 Å². The van der Waals surface area contributed by atoms with Crippen LogP contribution in [-0.4, -0.2) is 32.9 Å². The van der Waals surface area contributed by atoms with E-state index in [1.54, 1.807) is 0 Å². The second-order valence-electron chi connectivity index (χ2n) is 3.17. The third kappa shape index (κ3) is 2.25. The molecule has 0 aliphatic heterocycles. The fourth-order valence-corrected chi connectivity index (χ4v) is 1.78. The van der Waals surface area contributed by atoms with Crippen molar-refractivity contribution in [3.8, 4) is 5.75 Å². The fourth-order valence-electron chi connectivity index (χ4n) is 1.11. The number of phenolic OH excluding ortho intramolecular Hbond substituents is 1. The van der Waals surface area contributed by atoms with Crippen LogP contribution in [0.5, 0.6) is 5.75 Å². The number of ether oxygens (including phenoxy) is 1. The average Bonchev–Trinajstić information content (AvgIpc) is 2.19. The molecule has 0 unspecified atom stereocenters. The summed E-state index contributed by atoms with van der Waals surface area (Å²) in [4.78, 5) is 11.1. The first-order valence-electron chi connectivity index (χ1n) is 4.18. The van der Waals surface area contributed by atoms with Gasteiger partial charge in [-0.15, -0.1) is 0 Å². The maximum absolute atomic E-state index is 11.3. The molecule has 0 saturated heterocycles. The van der Waals surface area contributed by atoms with Gasteiger partial charge < -0.3 is 15.6 Å². The number of carbonyl (C=O) groups excluding carboxylic acids is 1. The van der Waals surface area contributed by atoms with Gasteiger partial charge in [0.05, 0.1) is 17.7 Å². The molecule has 0 aromatic heterocycles. The molecule has 0 heterocycles. The van der Waals surface area contributed by atoms with Gasteiger partial charge in [-0.25, -0.2) is 13.2 Å². The number of esters is 1. The molecular weight excluding hydrogens is 234 g/mol. The number of carbonyl (C=O) groups is 1. The zero-order valence-electron chi connectivity index (χ0n) is 8.72. The molecule has 0 fully saturated rings. The highest BCUT2D eigenvalue weighted by Crippen LogP contribution is 2.29. The van der Waals surface area contributed by atoms with Gasteiger partial charge in [0.25, 0.3) is 0 Å². The first-order chi connectivity index (χ1) is 7.27. The minimum atomic E-state index is -3.51. The number of hydrogen-bond donors (Lipinski definition) is 2. The van der Waals surface area contributed by atoms with Gasteiger partial charge >= 0.3 is 5.97 Å². The Balaban J connectivity index is 3.51. The zero-order valence-corrected chi connectivity index (χ0v) is 9.54. The first-order valence-corrected chi connectivity index (χ1v) is 6.07. The topological polar surface area (TPSA) is 107 Å². The summed E-state index contributed by atoms with van der Waals surface area (Å²) in [5.74, 6) is -1.34. The summed E-state index contributed by atoms with van der Waals surface area (Å²) in [5, 5.41) is 9.47. The van der Waals surface area contributed by atoms with Crippen LogP contribution >= 0.6 is 0 Å². The van der Waals surface area contributed by atoms with E-state index in [4.69, 9.17) is 5.73 Å². The fraction of sp³-hybridized carbons (Fsp3) is 0.222. The van der Waals surface area contributed by atoms with Crippen molar-refractivity contribution in [3.05, 3.63) is 17.7 Å². The highest BCUT2D eigenvalue weighted by molar-refractivity contribution is 7.90. The number of hydrogen-bond acceptors (Lipinski definition) is 6. The molecule has 0 spiro atoms. The molecule has 3 N–H and O–H groups in total. The molecule has 0 aliphatic carbocycles. The third-order valence-electron chi connectivity index (χ3n) is 1.95. The van der Waals surface area contributed by atoms with Gasteiger partial charge in [0.15, 0.2) is 15.6 Å². The Morgan fingerprint density at radius 1 is 1.44 bits per heavy atom. The Hall–Kier alpha value is -1.76. The van der Waals surface area contributed by atoms with E-state index in [0.29, 0.717) is 0 Å². The third-order valence-corrected chi connectivity index (χ3v) is 3.04. The van der Waals surface area contributed by atoms with Gasteiger partial charge in [-0.05, 0) is 12.1 Å². The summed E-state index contributed by atoms with van der Waals surface area (Å²) in [6, 6.07) is 2.10. The molecule has 6 nitrogen and oxygen atoms in total. The smallest absolute Gasteiger partial charge is 0.341 e. The maximum Gasteiger partial charge on any atom is 0.341 e. The van der Waals surface area contributed by atoms with Crippen LogP contribution in [0.15, 0.2) is 17.0 Å². The normalized spacial score (nSPS) is 11.1. The van der Waals surface area contributed by atoms with E-state index in [2.05, 4.69) is 4.74 Å². The minimum absolute atomic E-state index is 0.150. The summed E-state index contributed by atoms with van der Waals surface area (Å²) in [6.07, 6.45) is 0.972. The predicted molar refractivity (Wildman–Crippen MR) is 57.0 cm³/mol. The minimum Gasteiger partial charge on any atom is -0.505 e. The molecule has 1 aromatic carbocycles. The molecule has 1 rings (SSSR count). The summed E-state index contributed by atoms with van der Waals surface area (Å²) < 4.78 is 26.9. The van der Waals surface area contributed by atoms with Crippen LogP contribution in [0.4, 0.5) is 5.69 Å². The SMILES string of the molecule is COC(=O)c1cc(S(C)(=O)=O)cc(N)c1O. The van der Waals surface area contributed by atoms with Crippen molar-refractivity contribution in [1.29, 1.82) is 0 Å². The van der Waals surface area contributed by atoms with Crippen molar-refractivity contribution >= 4 is 21.5 Å². The predicted octanol–water partition coefficient (Wildman–Crippen LogP) is 0.165. The number of nitrogen functional groups attached to an aromatic ring is 1. The quantitative estimate of drug-likeness (QED) is 0.437. The van der Waals surface area contributed by atoms with E-state index in [1.807, 2.05) is 0 Å². The lowest BCUT2D eigenvalue weighted by Gasteiger charge is -2.07. The maximum atomic E-state index is 11.3. The summed E-state index contributed by atoms with van der Waals surface area (Å²) in [5.41, 5.74) is 4.92. The van der Waals surface area contributed by atoms with Gasteiger partial charge in [0, 0.05) is 6.26 Å². The molecule has 0 aliphatic rings. The number of methoxy groups -OCH3 is 1. The number of sulfone groups is 1. The van der Waals surface area contributed by atoms with Crippen molar-refractivity contribution in [1.82, 2.24) is 0 Å². The van der Waals surface area contributed by atoms with Crippen molar-refractivity contribution in [3.63, 3.8) is 0 Å². The van der Waals surface area contributed by atoms with Crippen molar-refractivity contribution in [2.75, 3.05) is 19.1 Å². The molecule has 0 radical (unpaired) electrons. The molecule has 7 heteroatoms. The second-order valence-corrected chi connectivity index (χ2v) is 5.19. The van der Waals surface area contributed by atoms with E-state index in [0.717, 1.165) is 25.5 Å². The number of phenols is 1. The summed E-state index contributed by atoms with van der Waals surface area (Å²) >= 11 is 0. The van der Waals surface area contributed by atoms with Crippen LogP contribution in [0.3, 0.4) is 0 Å². The van der Waals surface area contributed by atoms with Crippen molar-refractivity contribution in [2.24, 2.45) is 0 Å². The lowest BCUT2D eigenvalue weighted by Crippen LogP contribution is -2.07. The monoisotopic (exact) mass is 245 g/mol. The van der Waals surface area contributed by atoms with Crippen LogP contribution in [0.25, 0.3) is 0 Å². The summed E-state index contributed by atoms with van der Waals surface area (Å²) in [6.45, 7) is 0. The standard InChI is InChI=1S/C9H11NO5S/c1-15-9(12)6-3-5(16(2,13)14)4-7(10)8(6)11/h3-4,11H,10H2,1-2H3. The Kier molecular flexibility index (Phi) is 3.09. The molecular formula is C9H11NO5S. The molecule has 0 bridgehead atoms. The van der Waals surface area contributed by atoms with Gasteiger partial charge in [-0.3, -0.25) is 0 Å². The van der Waals surface area contributed by atoms with Crippen LogP contribution in [0, 0.1) is 0 Å². The molecule has 0 atom stereocenters. The number of benzene rings is 1. The van der Waals surface area contributed by atoms with E-state index in [-0.39, 0.29) is 16.1 Å². The van der Waals surface area contributed by atoms with Crippen molar-refractivity contribution in [2.45, 2.75) is 4.90 Å². The summed E-state index contributed by atoms with van der Waals surface area (Å²) in [7, 11) is -2.39. The van der Waals surface area contributed by atoms with Crippen LogP contribution < -0.4 is 5.73 Å². The molecule has 1 aromatic rings. The van der Waals surface area contributed by atoms with E-state index in [9.17, 15) is 18.3 Å². The Bertz CT molecular complexity index is 535. The first kappa shape index (κ1) is 12.3. The molecule has 0 amide bonds. The molecule has 16 heavy (non-hydrogen) atoms. The van der Waals surface area contributed by atoms with E-state index in [1.165, 1.54) is 0 Å². The largest absolute Gasteiger partial charge is 0.505 e. The molecule has 0 saturated carbocycles. The Labute approximate surface area is 92.6 Å². The number of aromatic hydroxyl groups is 1. The highest BCUT2D eigenvalue weighted by Gasteiger charge is 2.19. The van der Waals surface area contributed by atoms with Crippen LogP contribution in [0.1, 0.15) is 10.4 Å². The average molecular weight is 245 g/mol. The highest BCUT2D eigenvalue weighted by atomic mass is 32.2. The molecule has 88 valence electrons. The number of rotatable bonds is 2. The number of nitrogens with two attached hydrogens (primary N) is 1. The van der Waals surface area contributed by atoms with Gasteiger partial charge in [-0.2, -0.15) is 0 Å². The van der Waals surface area contributed by atoms with Crippen molar-refractivity contribution < 1.29 is 23.1 Å². The Morgan fingerprint density at radius 2 is 2.00 bits per heavy atom. The lowest BCUT2D eigenvalue weighted by molar-refractivity contribution is 0.0597. The van der Waals surface area contributed by atoms with Crippen LogP contribution in [-0.2, 0) is 14.6 Å². The van der Waals surface area contributed by atoms with E-state index >= 15 is 0 Å². The van der Waals surface area contributed by atoms with Crippen LogP contribution in [0.2, 0.25) is 0 Å². The lowest BCUT2D eigenvalue weighted by atomic mass is 10.2. The van der Waals surface area contributed by atoms with E-state index < -0.39 is 21.6 Å².